The van der Waals surface area contributed by atoms with Crippen LogP contribution in [-0.2, 0) is 16.6 Å². The maximum atomic E-state index is 12.3. The molecule has 0 bridgehead atoms. The summed E-state index contributed by atoms with van der Waals surface area (Å²) in [7, 11) is 0. The third-order valence-electron chi connectivity index (χ3n) is 4.19. The molecule has 1 fully saturated rings. The van der Waals surface area contributed by atoms with Gasteiger partial charge in [-0.25, -0.2) is 9.97 Å². The minimum atomic E-state index is -0.114. The predicted octanol–water partition coefficient (Wildman–Crippen LogP) is 2.88. The average molecular weight is 313 g/mol. The Labute approximate surface area is 136 Å². The van der Waals surface area contributed by atoms with E-state index in [-0.39, 0.29) is 11.3 Å². The lowest BCUT2D eigenvalue weighted by atomic mass is 9.92. The highest BCUT2D eigenvalue weighted by Gasteiger charge is 2.23. The van der Waals surface area contributed by atoms with Gasteiger partial charge in [0.25, 0.3) is 0 Å². The van der Waals surface area contributed by atoms with E-state index >= 15 is 0 Å². The number of hydrogen-bond acceptors (Lipinski definition) is 4. The first-order chi connectivity index (χ1) is 10.9. The first kappa shape index (κ1) is 15.6. The summed E-state index contributed by atoms with van der Waals surface area (Å²) in [4.78, 5) is 20.9. The fraction of sp³-hybridized carbons (Fsp3) is 0.529. The van der Waals surface area contributed by atoms with Gasteiger partial charge in [0.05, 0.1) is 18.2 Å². The molecule has 0 spiro atoms. The van der Waals surface area contributed by atoms with Crippen LogP contribution in [0.2, 0.25) is 0 Å². The largest absolute Gasteiger partial charge is 0.294 e. The summed E-state index contributed by atoms with van der Waals surface area (Å²) in [6, 6.07) is 4.24. The molecular formula is C17H23N5O. The Hall–Kier alpha value is -2.24. The van der Waals surface area contributed by atoms with Crippen LogP contribution in [0.25, 0.3) is 0 Å². The normalized spacial score (nSPS) is 15.3. The highest BCUT2D eigenvalue weighted by Crippen LogP contribution is 2.31. The number of nitrogens with zero attached hydrogens (tertiary/aromatic N) is 4. The van der Waals surface area contributed by atoms with Gasteiger partial charge in [-0.1, -0.05) is 20.8 Å². The molecule has 0 saturated heterocycles. The molecular weight excluding hydrogens is 290 g/mol. The number of anilines is 1. The highest BCUT2D eigenvalue weighted by molar-refractivity contribution is 5.90. The van der Waals surface area contributed by atoms with Crippen LogP contribution in [0.3, 0.4) is 0 Å². The molecule has 1 saturated carbocycles. The molecule has 6 nitrogen and oxygen atoms in total. The van der Waals surface area contributed by atoms with Gasteiger partial charge in [-0.2, -0.15) is 5.10 Å². The zero-order chi connectivity index (χ0) is 16.4. The molecule has 122 valence electrons. The van der Waals surface area contributed by atoms with Gasteiger partial charge >= 0.3 is 0 Å². The van der Waals surface area contributed by atoms with Crippen LogP contribution < -0.4 is 5.32 Å². The van der Waals surface area contributed by atoms with Crippen LogP contribution in [0.15, 0.2) is 24.5 Å². The zero-order valence-electron chi connectivity index (χ0n) is 13.9. The third kappa shape index (κ3) is 3.57. The van der Waals surface area contributed by atoms with E-state index in [1.807, 2.05) is 16.8 Å². The third-order valence-corrected chi connectivity index (χ3v) is 4.19. The maximum Gasteiger partial charge on any atom is 0.232 e. The van der Waals surface area contributed by atoms with E-state index in [9.17, 15) is 4.79 Å². The molecule has 23 heavy (non-hydrogen) atoms. The van der Waals surface area contributed by atoms with Gasteiger partial charge in [0.15, 0.2) is 0 Å². The van der Waals surface area contributed by atoms with E-state index in [2.05, 4.69) is 41.2 Å². The molecule has 2 aromatic heterocycles. The van der Waals surface area contributed by atoms with Crippen LogP contribution in [-0.4, -0.2) is 25.7 Å². The smallest absolute Gasteiger partial charge is 0.232 e. The SMILES string of the molecule is CC(C)(C)c1ccnc(NC(=O)Cc2ccnn2C2CCC2)n1. The van der Waals surface area contributed by atoms with Crippen LogP contribution in [0.4, 0.5) is 5.95 Å². The van der Waals surface area contributed by atoms with Crippen LogP contribution in [0.1, 0.15) is 57.5 Å². The number of carbonyl (C=O) groups excluding carboxylic acids is 1. The van der Waals surface area contributed by atoms with E-state index in [1.54, 1.807) is 12.4 Å². The topological polar surface area (TPSA) is 72.7 Å². The van der Waals surface area contributed by atoms with Crippen molar-refractivity contribution in [3.8, 4) is 0 Å². The molecule has 2 heterocycles. The minimum absolute atomic E-state index is 0.0781. The lowest BCUT2D eigenvalue weighted by Crippen LogP contribution is -2.24. The molecule has 0 atom stereocenters. The second-order valence-corrected chi connectivity index (χ2v) is 7.09. The highest BCUT2D eigenvalue weighted by atomic mass is 16.1. The van der Waals surface area contributed by atoms with E-state index in [4.69, 9.17) is 0 Å². The van der Waals surface area contributed by atoms with Gasteiger partial charge in [0.1, 0.15) is 0 Å². The number of hydrogen-bond donors (Lipinski definition) is 1. The molecule has 2 aromatic rings. The van der Waals surface area contributed by atoms with E-state index < -0.39 is 0 Å². The second-order valence-electron chi connectivity index (χ2n) is 7.09. The van der Waals surface area contributed by atoms with Crippen LogP contribution >= 0.6 is 0 Å². The lowest BCUT2D eigenvalue weighted by Gasteiger charge is -2.27. The molecule has 0 radical (unpaired) electrons. The molecule has 0 aromatic carbocycles. The average Bonchev–Trinajstić information content (AvgIpc) is 2.84. The van der Waals surface area contributed by atoms with Crippen molar-refractivity contribution in [2.24, 2.45) is 0 Å². The summed E-state index contributed by atoms with van der Waals surface area (Å²) in [6.07, 6.45) is 7.27. The molecule has 1 aliphatic rings. The molecule has 0 unspecified atom stereocenters. The Bertz CT molecular complexity index is 697. The lowest BCUT2D eigenvalue weighted by molar-refractivity contribution is -0.115. The van der Waals surface area contributed by atoms with Crippen molar-refractivity contribution in [1.29, 1.82) is 0 Å². The molecule has 1 aliphatic carbocycles. The predicted molar refractivity (Wildman–Crippen MR) is 88.2 cm³/mol. The summed E-state index contributed by atoms with van der Waals surface area (Å²) in [6.45, 7) is 6.24. The Morgan fingerprint density at radius 3 is 2.74 bits per heavy atom. The standard InChI is InChI=1S/C17H23N5O/c1-17(2,3)14-8-9-18-16(20-14)21-15(23)11-13-7-10-19-22(13)12-5-4-6-12/h7-10,12H,4-6,11H2,1-3H3,(H,18,20,21,23). The number of nitrogens with one attached hydrogen (secondary N) is 1. The number of amides is 1. The second kappa shape index (κ2) is 6.10. The van der Waals surface area contributed by atoms with Gasteiger partial charge in [-0.3, -0.25) is 14.8 Å². The fourth-order valence-electron chi connectivity index (χ4n) is 2.61. The summed E-state index contributed by atoms with van der Waals surface area (Å²) < 4.78 is 1.98. The van der Waals surface area contributed by atoms with Gasteiger partial charge in [-0.15, -0.1) is 0 Å². The maximum absolute atomic E-state index is 12.3. The fourth-order valence-corrected chi connectivity index (χ4v) is 2.61. The molecule has 0 aliphatic heterocycles. The minimum Gasteiger partial charge on any atom is -0.294 e. The Kier molecular flexibility index (Phi) is 4.15. The van der Waals surface area contributed by atoms with Crippen LogP contribution in [0, 0.1) is 0 Å². The van der Waals surface area contributed by atoms with Crippen LogP contribution in [0.5, 0.6) is 0 Å². The van der Waals surface area contributed by atoms with Gasteiger partial charge in [0.2, 0.25) is 11.9 Å². The van der Waals surface area contributed by atoms with Crippen molar-refractivity contribution < 1.29 is 4.79 Å². The number of carbonyl (C=O) groups is 1. The Morgan fingerprint density at radius 2 is 2.09 bits per heavy atom. The zero-order valence-corrected chi connectivity index (χ0v) is 13.9. The van der Waals surface area contributed by atoms with Gasteiger partial charge < -0.3 is 0 Å². The van der Waals surface area contributed by atoms with E-state index in [0.29, 0.717) is 18.4 Å². The molecule has 3 rings (SSSR count). The van der Waals surface area contributed by atoms with E-state index in [1.165, 1.54) is 6.42 Å². The summed E-state index contributed by atoms with van der Waals surface area (Å²) in [5, 5.41) is 7.14. The summed E-state index contributed by atoms with van der Waals surface area (Å²) >= 11 is 0. The Balaban J connectivity index is 1.67. The molecule has 1 N–H and O–H groups in total. The van der Waals surface area contributed by atoms with E-state index in [0.717, 1.165) is 24.2 Å². The van der Waals surface area contributed by atoms with Crippen molar-refractivity contribution in [2.45, 2.75) is 57.9 Å². The monoisotopic (exact) mass is 313 g/mol. The number of rotatable bonds is 4. The van der Waals surface area contributed by atoms with Crippen molar-refractivity contribution in [3.63, 3.8) is 0 Å². The Morgan fingerprint density at radius 1 is 1.30 bits per heavy atom. The van der Waals surface area contributed by atoms with Crippen molar-refractivity contribution >= 4 is 11.9 Å². The number of aromatic nitrogens is 4. The summed E-state index contributed by atoms with van der Waals surface area (Å²) in [5.41, 5.74) is 1.77. The van der Waals surface area contributed by atoms with Gasteiger partial charge in [0, 0.05) is 23.5 Å². The molecule has 1 amide bonds. The van der Waals surface area contributed by atoms with Crippen molar-refractivity contribution in [1.82, 2.24) is 19.7 Å². The quantitative estimate of drug-likeness (QED) is 0.942. The van der Waals surface area contributed by atoms with Crippen molar-refractivity contribution in [2.75, 3.05) is 5.32 Å². The first-order valence-corrected chi connectivity index (χ1v) is 8.09. The molecule has 6 heteroatoms. The first-order valence-electron chi connectivity index (χ1n) is 8.09. The van der Waals surface area contributed by atoms with Crippen molar-refractivity contribution in [3.05, 3.63) is 35.9 Å². The van der Waals surface area contributed by atoms with Gasteiger partial charge in [-0.05, 0) is 31.4 Å². The summed E-state index contributed by atoms with van der Waals surface area (Å²) in [5.74, 6) is 0.245.